The lowest BCUT2D eigenvalue weighted by molar-refractivity contribution is -0.120. The maximum Gasteiger partial charge on any atom is 0.255 e. The van der Waals surface area contributed by atoms with E-state index in [1.54, 1.807) is 24.3 Å². The van der Waals surface area contributed by atoms with E-state index < -0.39 is 0 Å². The number of benzene rings is 2. The third kappa shape index (κ3) is 5.18. The molecule has 2 rings (SSSR count). The van der Waals surface area contributed by atoms with Gasteiger partial charge in [-0.05, 0) is 74.2 Å². The van der Waals surface area contributed by atoms with Crippen molar-refractivity contribution in [3.63, 3.8) is 0 Å². The molecule has 132 valence electrons. The summed E-state index contributed by atoms with van der Waals surface area (Å²) in [6.45, 7) is 8.02. The summed E-state index contributed by atoms with van der Waals surface area (Å²) in [6, 6.07) is 12.9. The molecule has 0 fully saturated rings. The van der Waals surface area contributed by atoms with Gasteiger partial charge in [0.15, 0.2) is 0 Å². The number of carbonyl (C=O) groups is 2. The van der Waals surface area contributed by atoms with E-state index in [9.17, 15) is 9.59 Å². The number of aryl methyl sites for hydroxylation is 2. The Hall–Kier alpha value is -2.62. The van der Waals surface area contributed by atoms with Crippen molar-refractivity contribution in [3.05, 3.63) is 59.2 Å². The molecule has 0 heterocycles. The number of anilines is 2. The second kappa shape index (κ2) is 8.47. The number of amides is 2. The van der Waals surface area contributed by atoms with Gasteiger partial charge in [0.25, 0.3) is 5.91 Å². The minimum atomic E-state index is -0.164. The molecule has 4 heteroatoms. The predicted molar refractivity (Wildman–Crippen MR) is 103 cm³/mol. The van der Waals surface area contributed by atoms with Crippen LogP contribution in [0.25, 0.3) is 0 Å². The molecular weight excluding hydrogens is 312 g/mol. The van der Waals surface area contributed by atoms with E-state index in [1.165, 1.54) is 0 Å². The van der Waals surface area contributed by atoms with Gasteiger partial charge in [0.05, 0.1) is 0 Å². The third-order valence-electron chi connectivity index (χ3n) is 4.25. The third-order valence-corrected chi connectivity index (χ3v) is 4.25. The lowest BCUT2D eigenvalue weighted by Crippen LogP contribution is -2.21. The quantitative estimate of drug-likeness (QED) is 0.784. The van der Waals surface area contributed by atoms with Crippen LogP contribution in [0.3, 0.4) is 0 Å². The molecule has 0 aromatic heterocycles. The summed E-state index contributed by atoms with van der Waals surface area (Å²) in [5.74, 6) is -0.118. The molecule has 25 heavy (non-hydrogen) atoms. The van der Waals surface area contributed by atoms with E-state index in [2.05, 4.69) is 16.7 Å². The molecule has 0 saturated carbocycles. The lowest BCUT2D eigenvalue weighted by Gasteiger charge is -2.13. The standard InChI is InChI=1S/C21H26N2O2/c1-5-16(6-2)20(24)22-18-9-7-17(8-10-18)21(25)23-19-12-14(3)11-15(4)13-19/h7-13,16H,5-6H2,1-4H3,(H,22,24)(H,23,25). The van der Waals surface area contributed by atoms with Crippen LogP contribution in [0.5, 0.6) is 0 Å². The Labute approximate surface area is 149 Å². The first-order chi connectivity index (χ1) is 11.9. The minimum absolute atomic E-state index is 0.0209. The van der Waals surface area contributed by atoms with E-state index in [0.29, 0.717) is 11.3 Å². The van der Waals surface area contributed by atoms with Crippen molar-refractivity contribution in [3.8, 4) is 0 Å². The van der Waals surface area contributed by atoms with Crippen LogP contribution < -0.4 is 10.6 Å². The molecular formula is C21H26N2O2. The van der Waals surface area contributed by atoms with Crippen molar-refractivity contribution in [1.29, 1.82) is 0 Å². The van der Waals surface area contributed by atoms with Gasteiger partial charge in [-0.3, -0.25) is 9.59 Å². The average molecular weight is 338 g/mol. The van der Waals surface area contributed by atoms with Gasteiger partial charge in [-0.2, -0.15) is 0 Å². The lowest BCUT2D eigenvalue weighted by atomic mass is 10.0. The number of hydrogen-bond donors (Lipinski definition) is 2. The highest BCUT2D eigenvalue weighted by molar-refractivity contribution is 6.04. The van der Waals surface area contributed by atoms with Crippen LogP contribution in [0, 0.1) is 19.8 Å². The second-order valence-electron chi connectivity index (χ2n) is 6.41. The second-order valence-corrected chi connectivity index (χ2v) is 6.41. The van der Waals surface area contributed by atoms with Gasteiger partial charge in [-0.15, -0.1) is 0 Å². The van der Waals surface area contributed by atoms with E-state index in [0.717, 1.165) is 29.7 Å². The van der Waals surface area contributed by atoms with Crippen molar-refractivity contribution in [1.82, 2.24) is 0 Å². The van der Waals surface area contributed by atoms with Crippen molar-refractivity contribution in [2.75, 3.05) is 10.6 Å². The van der Waals surface area contributed by atoms with Gasteiger partial charge < -0.3 is 10.6 Å². The van der Waals surface area contributed by atoms with Crippen LogP contribution in [0.4, 0.5) is 11.4 Å². The largest absolute Gasteiger partial charge is 0.326 e. The zero-order chi connectivity index (χ0) is 18.4. The fourth-order valence-electron chi connectivity index (χ4n) is 2.86. The molecule has 0 saturated heterocycles. The highest BCUT2D eigenvalue weighted by Crippen LogP contribution is 2.17. The van der Waals surface area contributed by atoms with E-state index in [-0.39, 0.29) is 17.7 Å². The van der Waals surface area contributed by atoms with E-state index in [1.807, 2.05) is 39.8 Å². The highest BCUT2D eigenvalue weighted by Gasteiger charge is 2.14. The van der Waals surface area contributed by atoms with Gasteiger partial charge in [-0.1, -0.05) is 19.9 Å². The molecule has 2 aromatic carbocycles. The van der Waals surface area contributed by atoms with Gasteiger partial charge in [0.1, 0.15) is 0 Å². The zero-order valence-electron chi connectivity index (χ0n) is 15.3. The first-order valence-electron chi connectivity index (χ1n) is 8.73. The summed E-state index contributed by atoms with van der Waals surface area (Å²) in [5, 5.41) is 5.81. The first-order valence-corrected chi connectivity index (χ1v) is 8.73. The number of hydrogen-bond acceptors (Lipinski definition) is 2. The summed E-state index contributed by atoms with van der Waals surface area (Å²) < 4.78 is 0. The van der Waals surface area contributed by atoms with Gasteiger partial charge in [0, 0.05) is 22.9 Å². The number of rotatable bonds is 6. The number of carbonyl (C=O) groups excluding carboxylic acids is 2. The average Bonchev–Trinajstić information content (AvgIpc) is 2.55. The highest BCUT2D eigenvalue weighted by atomic mass is 16.2. The summed E-state index contributed by atoms with van der Waals surface area (Å²) in [6.07, 6.45) is 1.64. The summed E-state index contributed by atoms with van der Waals surface area (Å²) in [4.78, 5) is 24.5. The predicted octanol–water partition coefficient (Wildman–Crippen LogP) is 4.93. The van der Waals surface area contributed by atoms with Crippen LogP contribution in [0.15, 0.2) is 42.5 Å². The Kier molecular flexibility index (Phi) is 6.34. The monoisotopic (exact) mass is 338 g/mol. The normalized spacial score (nSPS) is 10.6. The fourth-order valence-corrected chi connectivity index (χ4v) is 2.86. The van der Waals surface area contributed by atoms with Crippen LogP contribution in [0.1, 0.15) is 48.2 Å². The van der Waals surface area contributed by atoms with Crippen LogP contribution in [0.2, 0.25) is 0 Å². The topological polar surface area (TPSA) is 58.2 Å². The first kappa shape index (κ1) is 18.7. The maximum atomic E-state index is 12.4. The molecule has 0 aliphatic carbocycles. The Morgan fingerprint density at radius 1 is 0.840 bits per heavy atom. The van der Waals surface area contributed by atoms with Gasteiger partial charge in [0.2, 0.25) is 5.91 Å². The zero-order valence-corrected chi connectivity index (χ0v) is 15.3. The molecule has 0 atom stereocenters. The van der Waals surface area contributed by atoms with E-state index >= 15 is 0 Å². The van der Waals surface area contributed by atoms with Gasteiger partial charge >= 0.3 is 0 Å². The molecule has 2 N–H and O–H groups in total. The fraction of sp³-hybridized carbons (Fsp3) is 0.333. The van der Waals surface area contributed by atoms with Gasteiger partial charge in [-0.25, -0.2) is 0 Å². The Bertz CT molecular complexity index is 727. The molecule has 0 spiro atoms. The minimum Gasteiger partial charge on any atom is -0.326 e. The molecule has 0 unspecified atom stereocenters. The summed E-state index contributed by atoms with van der Waals surface area (Å²) >= 11 is 0. The molecule has 0 bridgehead atoms. The Morgan fingerprint density at radius 2 is 1.40 bits per heavy atom. The SMILES string of the molecule is CCC(CC)C(=O)Nc1ccc(C(=O)Nc2cc(C)cc(C)c2)cc1. The van der Waals surface area contributed by atoms with Crippen molar-refractivity contribution >= 4 is 23.2 Å². The maximum absolute atomic E-state index is 12.4. The molecule has 0 aliphatic rings. The summed E-state index contributed by atoms with van der Waals surface area (Å²) in [5.41, 5.74) is 4.26. The van der Waals surface area contributed by atoms with Crippen LogP contribution >= 0.6 is 0 Å². The molecule has 2 aromatic rings. The molecule has 4 nitrogen and oxygen atoms in total. The molecule has 0 aliphatic heterocycles. The molecule has 0 radical (unpaired) electrons. The Morgan fingerprint density at radius 3 is 1.92 bits per heavy atom. The van der Waals surface area contributed by atoms with Crippen molar-refractivity contribution in [2.24, 2.45) is 5.92 Å². The van der Waals surface area contributed by atoms with Crippen molar-refractivity contribution in [2.45, 2.75) is 40.5 Å². The Balaban J connectivity index is 2.03. The smallest absolute Gasteiger partial charge is 0.255 e. The van der Waals surface area contributed by atoms with E-state index in [4.69, 9.17) is 0 Å². The van der Waals surface area contributed by atoms with Crippen molar-refractivity contribution < 1.29 is 9.59 Å². The van der Waals surface area contributed by atoms with Crippen LogP contribution in [-0.4, -0.2) is 11.8 Å². The number of nitrogens with one attached hydrogen (secondary N) is 2. The summed E-state index contributed by atoms with van der Waals surface area (Å²) in [7, 11) is 0. The molecule has 2 amide bonds. The van der Waals surface area contributed by atoms with Crippen LogP contribution in [-0.2, 0) is 4.79 Å².